The molecule has 0 radical (unpaired) electrons. The Morgan fingerprint density at radius 2 is 2.13 bits per heavy atom. The minimum absolute atomic E-state index is 0.764. The fourth-order valence-electron chi connectivity index (χ4n) is 2.56. The first kappa shape index (κ1) is 17.6. The van der Waals surface area contributed by atoms with Crippen LogP contribution in [-0.2, 0) is 0 Å². The van der Waals surface area contributed by atoms with E-state index >= 15 is 0 Å². The van der Waals surface area contributed by atoms with Gasteiger partial charge in [-0.1, -0.05) is 49.5 Å². The topological polar surface area (TPSA) is 63.3 Å². The van der Waals surface area contributed by atoms with Crippen molar-refractivity contribution in [1.82, 2.24) is 4.98 Å². The molecular weight excluding hydrogens is 324 g/mol. The first-order chi connectivity index (χ1) is 11.2. The highest BCUT2D eigenvalue weighted by molar-refractivity contribution is 7.78. The van der Waals surface area contributed by atoms with Crippen molar-refractivity contribution in [3.8, 4) is 11.3 Å². The van der Waals surface area contributed by atoms with E-state index in [0.717, 1.165) is 40.6 Å². The summed E-state index contributed by atoms with van der Waals surface area (Å²) in [6.07, 6.45) is 4.82. The van der Waals surface area contributed by atoms with Crippen molar-refractivity contribution in [1.29, 1.82) is 0 Å². The summed E-state index contributed by atoms with van der Waals surface area (Å²) in [5.41, 5.74) is 12.2. The number of hydrazone groups is 1. The Balaban J connectivity index is 0.000000595. The van der Waals surface area contributed by atoms with Crippen LogP contribution in [0.3, 0.4) is 0 Å². The SMILES string of the molecule is CC1CCC/C(=N/Nc2nc(-c3ccccc3)cs2)C1.NC=S. The van der Waals surface area contributed by atoms with Crippen molar-refractivity contribution in [3.63, 3.8) is 0 Å². The fourth-order valence-corrected chi connectivity index (χ4v) is 3.22. The predicted molar refractivity (Wildman–Crippen MR) is 104 cm³/mol. The van der Waals surface area contributed by atoms with Crippen molar-refractivity contribution in [3.05, 3.63) is 35.7 Å². The zero-order chi connectivity index (χ0) is 16.5. The molecule has 3 N–H and O–H groups in total. The van der Waals surface area contributed by atoms with Crippen LogP contribution in [0.1, 0.15) is 32.6 Å². The average Bonchev–Trinajstić information content (AvgIpc) is 3.04. The van der Waals surface area contributed by atoms with E-state index in [1.807, 2.05) is 18.2 Å². The average molecular weight is 347 g/mol. The molecule has 1 aliphatic rings. The highest BCUT2D eigenvalue weighted by Gasteiger charge is 2.14. The monoisotopic (exact) mass is 346 g/mol. The molecule has 6 heteroatoms. The van der Waals surface area contributed by atoms with Crippen molar-refractivity contribution < 1.29 is 0 Å². The number of nitrogens with one attached hydrogen (secondary N) is 1. The van der Waals surface area contributed by atoms with Gasteiger partial charge in [0.1, 0.15) is 0 Å². The van der Waals surface area contributed by atoms with E-state index in [1.165, 1.54) is 18.6 Å². The van der Waals surface area contributed by atoms with Gasteiger partial charge >= 0.3 is 0 Å². The number of thiazole rings is 1. The van der Waals surface area contributed by atoms with Gasteiger partial charge in [-0.2, -0.15) is 5.10 Å². The Kier molecular flexibility index (Phi) is 7.16. The van der Waals surface area contributed by atoms with Crippen LogP contribution < -0.4 is 11.2 Å². The third-order valence-corrected chi connectivity index (χ3v) is 4.38. The molecule has 0 bridgehead atoms. The molecule has 1 fully saturated rings. The number of anilines is 1. The molecule has 1 aromatic carbocycles. The number of rotatable bonds is 3. The largest absolute Gasteiger partial charge is 0.396 e. The Labute approximate surface area is 146 Å². The number of nitrogens with zero attached hydrogens (tertiary/aromatic N) is 2. The van der Waals surface area contributed by atoms with Crippen LogP contribution in [0, 0.1) is 5.92 Å². The molecule has 1 unspecified atom stereocenters. The lowest BCUT2D eigenvalue weighted by atomic mass is 9.89. The van der Waals surface area contributed by atoms with Crippen molar-refractivity contribution in [2.75, 3.05) is 5.43 Å². The lowest BCUT2D eigenvalue weighted by molar-refractivity contribution is 0.500. The maximum absolute atomic E-state index is 4.58. The summed E-state index contributed by atoms with van der Waals surface area (Å²) >= 11 is 5.65. The minimum Gasteiger partial charge on any atom is -0.396 e. The summed E-state index contributed by atoms with van der Waals surface area (Å²) in [7, 11) is 0. The van der Waals surface area contributed by atoms with Gasteiger partial charge in [-0.05, 0) is 31.6 Å². The molecule has 1 saturated carbocycles. The lowest BCUT2D eigenvalue weighted by Crippen LogP contribution is -2.13. The Morgan fingerprint density at radius 3 is 2.83 bits per heavy atom. The first-order valence-corrected chi connectivity index (χ1v) is 9.05. The van der Waals surface area contributed by atoms with Gasteiger partial charge in [0.05, 0.1) is 11.2 Å². The summed E-state index contributed by atoms with van der Waals surface area (Å²) in [5, 5.41) is 7.47. The van der Waals surface area contributed by atoms with E-state index in [2.05, 4.69) is 57.9 Å². The smallest absolute Gasteiger partial charge is 0.203 e. The molecule has 23 heavy (non-hydrogen) atoms. The molecule has 4 nitrogen and oxygen atoms in total. The summed E-state index contributed by atoms with van der Waals surface area (Å²) in [5.74, 6) is 0.764. The molecule has 0 aliphatic heterocycles. The number of benzene rings is 1. The number of hydrogen-bond acceptors (Lipinski definition) is 5. The van der Waals surface area contributed by atoms with E-state index in [4.69, 9.17) is 0 Å². The Bertz CT molecular complexity index is 637. The first-order valence-electron chi connectivity index (χ1n) is 7.70. The Morgan fingerprint density at radius 1 is 1.39 bits per heavy atom. The minimum atomic E-state index is 0.764. The zero-order valence-electron chi connectivity index (χ0n) is 13.2. The standard InChI is InChI=1S/C16H19N3S.CH3NS/c1-12-6-5-9-14(10-12)18-19-16-17-15(11-20-16)13-7-3-2-4-8-13;2-1-3/h2-4,7-8,11-12H,5-6,9-10H2,1H3,(H,17,19);1H,(H2,2,3)/b18-14-;. The molecule has 2 aromatic rings. The predicted octanol–water partition coefficient (Wildman–Crippen LogP) is 4.69. The highest BCUT2D eigenvalue weighted by atomic mass is 32.1. The van der Waals surface area contributed by atoms with Gasteiger partial charge in [0.2, 0.25) is 5.13 Å². The van der Waals surface area contributed by atoms with E-state index in [1.54, 1.807) is 11.3 Å². The van der Waals surface area contributed by atoms with Gasteiger partial charge in [-0.3, -0.25) is 5.43 Å². The summed E-state index contributed by atoms with van der Waals surface area (Å²) in [6.45, 7) is 2.30. The quantitative estimate of drug-likeness (QED) is 0.625. The van der Waals surface area contributed by atoms with Gasteiger partial charge in [0.15, 0.2) is 0 Å². The number of nitrogens with two attached hydrogens (primary N) is 1. The molecule has 1 atom stereocenters. The van der Waals surface area contributed by atoms with E-state index < -0.39 is 0 Å². The van der Waals surface area contributed by atoms with Crippen LogP contribution >= 0.6 is 23.6 Å². The van der Waals surface area contributed by atoms with Crippen LogP contribution in [0.5, 0.6) is 0 Å². The van der Waals surface area contributed by atoms with Gasteiger partial charge in [0.25, 0.3) is 0 Å². The zero-order valence-corrected chi connectivity index (χ0v) is 14.9. The van der Waals surface area contributed by atoms with Crippen LogP contribution in [0.15, 0.2) is 40.8 Å². The van der Waals surface area contributed by atoms with Gasteiger partial charge in [0, 0.05) is 16.7 Å². The molecule has 1 heterocycles. The van der Waals surface area contributed by atoms with Crippen molar-refractivity contribution in [2.24, 2.45) is 16.8 Å². The third kappa shape index (κ3) is 5.73. The second-order valence-corrected chi connectivity index (χ2v) is 6.66. The van der Waals surface area contributed by atoms with E-state index in [-0.39, 0.29) is 0 Å². The molecule has 1 aliphatic carbocycles. The number of hydrogen-bond donors (Lipinski definition) is 2. The number of aromatic nitrogens is 1. The molecule has 0 spiro atoms. The third-order valence-electron chi connectivity index (χ3n) is 3.63. The molecule has 0 amide bonds. The fraction of sp³-hybridized carbons (Fsp3) is 0.353. The van der Waals surface area contributed by atoms with Gasteiger partial charge < -0.3 is 5.73 Å². The van der Waals surface area contributed by atoms with Gasteiger partial charge in [-0.25, -0.2) is 4.98 Å². The number of thiocarbonyl (C=S) groups is 1. The van der Waals surface area contributed by atoms with Crippen LogP contribution in [0.25, 0.3) is 11.3 Å². The van der Waals surface area contributed by atoms with Crippen molar-refractivity contribution in [2.45, 2.75) is 32.6 Å². The molecule has 122 valence electrons. The van der Waals surface area contributed by atoms with E-state index in [0.29, 0.717) is 0 Å². The van der Waals surface area contributed by atoms with Crippen LogP contribution in [0.4, 0.5) is 5.13 Å². The van der Waals surface area contributed by atoms with E-state index in [9.17, 15) is 0 Å². The van der Waals surface area contributed by atoms with Crippen LogP contribution in [0.2, 0.25) is 0 Å². The summed E-state index contributed by atoms with van der Waals surface area (Å²) in [6, 6.07) is 10.2. The Hall–Kier alpha value is -1.79. The molecule has 3 rings (SSSR count). The maximum Gasteiger partial charge on any atom is 0.203 e. The normalized spacial score (nSPS) is 18.8. The highest BCUT2D eigenvalue weighted by Crippen LogP contribution is 2.25. The van der Waals surface area contributed by atoms with Crippen LogP contribution in [-0.4, -0.2) is 16.2 Å². The second-order valence-electron chi connectivity index (χ2n) is 5.53. The van der Waals surface area contributed by atoms with Crippen molar-refractivity contribution >= 4 is 39.9 Å². The summed E-state index contributed by atoms with van der Waals surface area (Å²) < 4.78 is 0. The molecule has 0 saturated heterocycles. The lowest BCUT2D eigenvalue weighted by Gasteiger charge is -2.18. The van der Waals surface area contributed by atoms with Gasteiger partial charge in [-0.15, -0.1) is 11.3 Å². The molecule has 1 aromatic heterocycles. The molecular formula is C17H22N4S2. The maximum atomic E-state index is 4.58. The second kappa shape index (κ2) is 9.37. The summed E-state index contributed by atoms with van der Waals surface area (Å²) in [4.78, 5) is 4.58.